The lowest BCUT2D eigenvalue weighted by atomic mass is 10.5. The van der Waals surface area contributed by atoms with Gasteiger partial charge in [-0.15, -0.1) is 0 Å². The summed E-state index contributed by atoms with van der Waals surface area (Å²) in [6.07, 6.45) is 2.63. The zero-order valence-corrected chi connectivity index (χ0v) is 5.07. The first-order valence-corrected chi connectivity index (χ1v) is 2.52. The van der Waals surface area contributed by atoms with Crippen molar-refractivity contribution >= 4 is 17.8 Å². The predicted octanol–water partition coefficient (Wildman–Crippen LogP) is 2.18. The van der Waals surface area contributed by atoms with Crippen LogP contribution in [0.15, 0.2) is 16.7 Å². The first-order chi connectivity index (χ1) is 3.27. The van der Waals surface area contributed by atoms with Crippen LogP contribution in [0.3, 0.4) is 0 Å². The van der Waals surface area contributed by atoms with Crippen molar-refractivity contribution in [2.24, 2.45) is 4.99 Å². The molecule has 0 aliphatic carbocycles. The molecule has 0 spiro atoms. The number of hydrogen-bond acceptors (Lipinski definition) is 1. The van der Waals surface area contributed by atoms with Gasteiger partial charge in [0.05, 0.1) is 0 Å². The quantitative estimate of drug-likeness (QED) is 0.388. The normalized spacial score (nSPS) is 10.0. The molecule has 0 unspecified atom stereocenters. The zero-order valence-electron chi connectivity index (χ0n) is 4.32. The topological polar surface area (TPSA) is 12.4 Å². The maximum Gasteiger partial charge on any atom is 0.121 e. The number of nitrogens with zero attached hydrogens (tertiary/aromatic N) is 1. The zero-order chi connectivity index (χ0) is 5.70. The summed E-state index contributed by atoms with van der Waals surface area (Å²) in [5, 5.41) is 0.349. The van der Waals surface area contributed by atoms with E-state index in [0.717, 1.165) is 6.42 Å². The highest BCUT2D eigenvalue weighted by Gasteiger charge is 1.71. The average molecular weight is 118 g/mol. The van der Waals surface area contributed by atoms with Gasteiger partial charge in [-0.05, 0) is 6.42 Å². The Bertz CT molecular complexity index is 86.1. The van der Waals surface area contributed by atoms with Crippen molar-refractivity contribution in [1.82, 2.24) is 0 Å². The van der Waals surface area contributed by atoms with Crippen LogP contribution in [-0.2, 0) is 0 Å². The molecule has 7 heavy (non-hydrogen) atoms. The third-order valence-electron chi connectivity index (χ3n) is 0.414. The molecule has 0 N–H and O–H groups in total. The second-order valence-corrected chi connectivity index (χ2v) is 1.53. The minimum absolute atomic E-state index is 0.349. The standard InChI is InChI=1S/C5H8ClN/c1-3-4-7-5(2)6/h4H,2-3H2,1H3/b7-4-. The molecular weight excluding hydrogens is 110 g/mol. The molecule has 0 amide bonds. The van der Waals surface area contributed by atoms with E-state index < -0.39 is 0 Å². The highest BCUT2D eigenvalue weighted by Crippen LogP contribution is 1.95. The summed E-state index contributed by atoms with van der Waals surface area (Å²) in [5.74, 6) is 0. The monoisotopic (exact) mass is 117 g/mol. The van der Waals surface area contributed by atoms with Crippen LogP contribution in [0.1, 0.15) is 13.3 Å². The van der Waals surface area contributed by atoms with E-state index in [0.29, 0.717) is 5.16 Å². The first kappa shape index (κ1) is 6.70. The van der Waals surface area contributed by atoms with E-state index in [4.69, 9.17) is 11.6 Å². The Morgan fingerprint density at radius 2 is 2.57 bits per heavy atom. The van der Waals surface area contributed by atoms with Crippen molar-refractivity contribution in [1.29, 1.82) is 0 Å². The Hall–Kier alpha value is -0.300. The summed E-state index contributed by atoms with van der Waals surface area (Å²) < 4.78 is 0. The fourth-order valence-electron chi connectivity index (χ4n) is 0.190. The van der Waals surface area contributed by atoms with Crippen LogP contribution in [0.4, 0.5) is 0 Å². The molecule has 0 aliphatic rings. The van der Waals surface area contributed by atoms with Gasteiger partial charge in [0.2, 0.25) is 0 Å². The minimum atomic E-state index is 0.349. The number of aliphatic imine (C=N–C) groups is 1. The molecule has 0 aromatic heterocycles. The van der Waals surface area contributed by atoms with Crippen LogP contribution in [0.25, 0.3) is 0 Å². The lowest BCUT2D eigenvalue weighted by molar-refractivity contribution is 1.31. The van der Waals surface area contributed by atoms with Crippen molar-refractivity contribution in [2.75, 3.05) is 0 Å². The van der Waals surface area contributed by atoms with Crippen LogP contribution in [0.5, 0.6) is 0 Å². The van der Waals surface area contributed by atoms with E-state index in [2.05, 4.69) is 11.6 Å². The number of halogens is 1. The van der Waals surface area contributed by atoms with E-state index in [-0.39, 0.29) is 0 Å². The van der Waals surface area contributed by atoms with E-state index >= 15 is 0 Å². The molecule has 0 aromatic rings. The van der Waals surface area contributed by atoms with Gasteiger partial charge >= 0.3 is 0 Å². The van der Waals surface area contributed by atoms with Crippen molar-refractivity contribution < 1.29 is 0 Å². The van der Waals surface area contributed by atoms with Gasteiger partial charge in [0.15, 0.2) is 0 Å². The highest BCUT2D eigenvalue weighted by atomic mass is 35.5. The van der Waals surface area contributed by atoms with Crippen LogP contribution in [0, 0.1) is 0 Å². The van der Waals surface area contributed by atoms with Crippen molar-refractivity contribution in [3.05, 3.63) is 11.7 Å². The lowest BCUT2D eigenvalue weighted by Crippen LogP contribution is -1.64. The molecule has 0 saturated carbocycles. The van der Waals surface area contributed by atoms with E-state index in [1.54, 1.807) is 6.21 Å². The minimum Gasteiger partial charge on any atom is -0.250 e. The fraction of sp³-hybridized carbons (Fsp3) is 0.400. The summed E-state index contributed by atoms with van der Waals surface area (Å²) in [5.41, 5.74) is 0. The van der Waals surface area contributed by atoms with E-state index in [1.165, 1.54) is 0 Å². The van der Waals surface area contributed by atoms with Crippen LogP contribution in [0.2, 0.25) is 0 Å². The third kappa shape index (κ3) is 5.70. The van der Waals surface area contributed by atoms with Crippen molar-refractivity contribution in [2.45, 2.75) is 13.3 Å². The molecule has 0 rings (SSSR count). The SMILES string of the molecule is C=C(Cl)/N=C\CC. The molecular formula is C5H8ClN. The average Bonchev–Trinajstić information content (AvgIpc) is 1.61. The summed E-state index contributed by atoms with van der Waals surface area (Å²) in [6.45, 7) is 5.35. The summed E-state index contributed by atoms with van der Waals surface area (Å²) in [6, 6.07) is 0. The Kier molecular flexibility index (Phi) is 3.71. The Labute approximate surface area is 48.7 Å². The molecule has 0 aromatic carbocycles. The lowest BCUT2D eigenvalue weighted by Gasteiger charge is -1.77. The third-order valence-corrected chi connectivity index (χ3v) is 0.512. The van der Waals surface area contributed by atoms with Gasteiger partial charge < -0.3 is 0 Å². The molecule has 0 aliphatic heterocycles. The Morgan fingerprint density at radius 1 is 2.00 bits per heavy atom. The van der Waals surface area contributed by atoms with Crippen molar-refractivity contribution in [3.63, 3.8) is 0 Å². The molecule has 0 saturated heterocycles. The van der Waals surface area contributed by atoms with E-state index in [9.17, 15) is 0 Å². The second-order valence-electron chi connectivity index (χ2n) is 1.10. The fourth-order valence-corrected chi connectivity index (χ4v) is 0.259. The smallest absolute Gasteiger partial charge is 0.121 e. The molecule has 0 radical (unpaired) electrons. The van der Waals surface area contributed by atoms with Crippen LogP contribution >= 0.6 is 11.6 Å². The maximum absolute atomic E-state index is 5.26. The van der Waals surface area contributed by atoms with Gasteiger partial charge in [0.25, 0.3) is 0 Å². The summed E-state index contributed by atoms with van der Waals surface area (Å²) in [7, 11) is 0. The molecule has 2 heteroatoms. The predicted molar refractivity (Wildman–Crippen MR) is 33.8 cm³/mol. The molecule has 0 bridgehead atoms. The number of hydrogen-bond donors (Lipinski definition) is 0. The second kappa shape index (κ2) is 3.88. The molecule has 0 heterocycles. The van der Waals surface area contributed by atoms with Gasteiger partial charge in [-0.3, -0.25) is 0 Å². The highest BCUT2D eigenvalue weighted by molar-refractivity contribution is 6.29. The molecule has 1 nitrogen and oxygen atoms in total. The maximum atomic E-state index is 5.26. The van der Waals surface area contributed by atoms with Crippen LogP contribution < -0.4 is 0 Å². The van der Waals surface area contributed by atoms with Gasteiger partial charge in [0, 0.05) is 6.21 Å². The van der Waals surface area contributed by atoms with Crippen molar-refractivity contribution in [3.8, 4) is 0 Å². The van der Waals surface area contributed by atoms with E-state index in [1.807, 2.05) is 6.92 Å². The van der Waals surface area contributed by atoms with Gasteiger partial charge in [-0.2, -0.15) is 0 Å². The largest absolute Gasteiger partial charge is 0.250 e. The summed E-state index contributed by atoms with van der Waals surface area (Å²) >= 11 is 5.26. The molecule has 40 valence electrons. The summed E-state index contributed by atoms with van der Waals surface area (Å²) in [4.78, 5) is 3.69. The Morgan fingerprint density at radius 3 is 2.71 bits per heavy atom. The first-order valence-electron chi connectivity index (χ1n) is 2.14. The number of rotatable bonds is 2. The van der Waals surface area contributed by atoms with Crippen LogP contribution in [-0.4, -0.2) is 6.21 Å². The Balaban J connectivity index is 3.26. The molecule has 0 fully saturated rings. The van der Waals surface area contributed by atoms with Gasteiger partial charge in [-0.1, -0.05) is 25.1 Å². The van der Waals surface area contributed by atoms with Gasteiger partial charge in [-0.25, -0.2) is 4.99 Å². The molecule has 0 atom stereocenters. The van der Waals surface area contributed by atoms with Gasteiger partial charge in [0.1, 0.15) is 5.16 Å².